The summed E-state index contributed by atoms with van der Waals surface area (Å²) in [5.41, 5.74) is 3.26. The first-order valence-corrected chi connectivity index (χ1v) is 9.25. The number of hydrogen-bond acceptors (Lipinski definition) is 6. The van der Waals surface area contributed by atoms with Gasteiger partial charge in [0.05, 0.1) is 12.2 Å². The second kappa shape index (κ2) is 7.38. The number of H-pyrrole nitrogens is 1. The maximum atomic E-state index is 12.6. The van der Waals surface area contributed by atoms with Crippen LogP contribution >= 0.6 is 0 Å². The molecule has 1 aromatic carbocycles. The predicted octanol–water partition coefficient (Wildman–Crippen LogP) is 1.95. The molecule has 144 valence electrons. The fourth-order valence-corrected chi connectivity index (χ4v) is 3.41. The van der Waals surface area contributed by atoms with Crippen molar-refractivity contribution in [1.29, 1.82) is 0 Å². The third-order valence-electron chi connectivity index (χ3n) is 4.84. The number of amides is 1. The van der Waals surface area contributed by atoms with E-state index in [0.29, 0.717) is 54.7 Å². The van der Waals surface area contributed by atoms with E-state index in [1.807, 2.05) is 31.2 Å². The molecule has 0 fully saturated rings. The number of nitrogens with zero attached hydrogens (tertiary/aromatic N) is 4. The number of carbonyl (C=O) groups is 1. The standard InChI is InChI=1S/C20H21N5O3/c1-12-4-3-5-14(10-12)19-23-17(28-24-19)6-7-18(26)25-9-8-15-16(11-25)21-13(2)22-20(15)27/h3-5,10H,6-9,11H2,1-2H3,(H,21,22,27). The van der Waals surface area contributed by atoms with Crippen LogP contribution in [0.25, 0.3) is 11.4 Å². The molecule has 0 spiro atoms. The second-order valence-corrected chi connectivity index (χ2v) is 7.02. The average Bonchev–Trinajstić information content (AvgIpc) is 3.14. The summed E-state index contributed by atoms with van der Waals surface area (Å²) in [4.78, 5) is 37.8. The Bertz CT molecular complexity index is 1090. The summed E-state index contributed by atoms with van der Waals surface area (Å²) in [5.74, 6) is 1.51. The van der Waals surface area contributed by atoms with Crippen LogP contribution in [0.2, 0.25) is 0 Å². The van der Waals surface area contributed by atoms with Crippen molar-refractivity contribution < 1.29 is 9.32 Å². The molecular formula is C20H21N5O3. The molecule has 4 rings (SSSR count). The predicted molar refractivity (Wildman–Crippen MR) is 102 cm³/mol. The van der Waals surface area contributed by atoms with Crippen molar-refractivity contribution in [1.82, 2.24) is 25.0 Å². The quantitative estimate of drug-likeness (QED) is 0.743. The van der Waals surface area contributed by atoms with Crippen LogP contribution in [0.15, 0.2) is 33.6 Å². The van der Waals surface area contributed by atoms with Gasteiger partial charge in [0.2, 0.25) is 17.6 Å². The Morgan fingerprint density at radius 2 is 2.14 bits per heavy atom. The lowest BCUT2D eigenvalue weighted by molar-refractivity contribution is -0.132. The summed E-state index contributed by atoms with van der Waals surface area (Å²) in [6.45, 7) is 4.61. The molecule has 28 heavy (non-hydrogen) atoms. The minimum Gasteiger partial charge on any atom is -0.339 e. The molecule has 3 heterocycles. The average molecular weight is 379 g/mol. The normalized spacial score (nSPS) is 13.4. The van der Waals surface area contributed by atoms with Crippen molar-refractivity contribution in [3.05, 3.63) is 63.2 Å². The van der Waals surface area contributed by atoms with Crippen molar-refractivity contribution >= 4 is 5.91 Å². The molecule has 0 radical (unpaired) electrons. The fourth-order valence-electron chi connectivity index (χ4n) is 3.41. The zero-order valence-corrected chi connectivity index (χ0v) is 15.9. The summed E-state index contributed by atoms with van der Waals surface area (Å²) in [6.07, 6.45) is 1.16. The van der Waals surface area contributed by atoms with Crippen LogP contribution in [0.4, 0.5) is 0 Å². The van der Waals surface area contributed by atoms with Gasteiger partial charge in [-0.3, -0.25) is 9.59 Å². The Morgan fingerprint density at radius 3 is 2.96 bits per heavy atom. The van der Waals surface area contributed by atoms with E-state index in [4.69, 9.17) is 4.52 Å². The Labute approximate surface area is 161 Å². The van der Waals surface area contributed by atoms with Gasteiger partial charge in [0, 0.05) is 30.5 Å². The van der Waals surface area contributed by atoms with Gasteiger partial charge in [0.15, 0.2) is 0 Å². The SMILES string of the molecule is Cc1cccc(-c2noc(CCC(=O)N3CCc4c(nc(C)[nH]c4=O)C3)n2)c1. The van der Waals surface area contributed by atoms with E-state index >= 15 is 0 Å². The smallest absolute Gasteiger partial charge is 0.254 e. The van der Waals surface area contributed by atoms with Crippen molar-refractivity contribution in [3.8, 4) is 11.4 Å². The van der Waals surface area contributed by atoms with E-state index in [-0.39, 0.29) is 17.9 Å². The first kappa shape index (κ1) is 18.1. The molecular weight excluding hydrogens is 358 g/mol. The van der Waals surface area contributed by atoms with Gasteiger partial charge in [-0.05, 0) is 26.3 Å². The summed E-state index contributed by atoms with van der Waals surface area (Å²) in [6, 6.07) is 7.86. The molecule has 8 heteroatoms. The third kappa shape index (κ3) is 3.71. The minimum absolute atomic E-state index is 0.0132. The Hall–Kier alpha value is -3.29. The van der Waals surface area contributed by atoms with E-state index in [0.717, 1.165) is 11.1 Å². The summed E-state index contributed by atoms with van der Waals surface area (Å²) >= 11 is 0. The highest BCUT2D eigenvalue weighted by Crippen LogP contribution is 2.18. The number of aromatic amines is 1. The highest BCUT2D eigenvalue weighted by molar-refractivity contribution is 5.76. The number of aromatic nitrogens is 4. The third-order valence-corrected chi connectivity index (χ3v) is 4.84. The first-order valence-electron chi connectivity index (χ1n) is 9.25. The van der Waals surface area contributed by atoms with Crippen molar-refractivity contribution in [2.24, 2.45) is 0 Å². The van der Waals surface area contributed by atoms with Gasteiger partial charge in [0.25, 0.3) is 5.56 Å². The Kier molecular flexibility index (Phi) is 4.77. The Balaban J connectivity index is 1.39. The van der Waals surface area contributed by atoms with Crippen molar-refractivity contribution in [2.45, 2.75) is 39.7 Å². The van der Waals surface area contributed by atoms with E-state index in [1.54, 1.807) is 11.8 Å². The van der Waals surface area contributed by atoms with Crippen LogP contribution < -0.4 is 5.56 Å². The summed E-state index contributed by atoms with van der Waals surface area (Å²) in [5, 5.41) is 4.01. The molecule has 1 aliphatic heterocycles. The van der Waals surface area contributed by atoms with Crippen LogP contribution in [0.1, 0.15) is 35.0 Å². The molecule has 0 saturated carbocycles. The van der Waals surface area contributed by atoms with Gasteiger partial charge >= 0.3 is 0 Å². The summed E-state index contributed by atoms with van der Waals surface area (Å²) in [7, 11) is 0. The molecule has 1 amide bonds. The van der Waals surface area contributed by atoms with Crippen molar-refractivity contribution in [3.63, 3.8) is 0 Å². The molecule has 0 aliphatic carbocycles. The number of benzene rings is 1. The zero-order valence-electron chi connectivity index (χ0n) is 15.9. The van der Waals surface area contributed by atoms with Gasteiger partial charge in [0.1, 0.15) is 5.82 Å². The maximum Gasteiger partial charge on any atom is 0.254 e. The van der Waals surface area contributed by atoms with Gasteiger partial charge in [-0.2, -0.15) is 4.98 Å². The van der Waals surface area contributed by atoms with E-state index in [2.05, 4.69) is 20.1 Å². The number of rotatable bonds is 4. The molecule has 1 aliphatic rings. The topological polar surface area (TPSA) is 105 Å². The number of nitrogens with one attached hydrogen (secondary N) is 1. The number of aryl methyl sites for hydroxylation is 3. The lowest BCUT2D eigenvalue weighted by atomic mass is 10.1. The van der Waals surface area contributed by atoms with Gasteiger partial charge < -0.3 is 14.4 Å². The minimum atomic E-state index is -0.107. The van der Waals surface area contributed by atoms with Crippen LogP contribution in [0, 0.1) is 13.8 Å². The molecule has 8 nitrogen and oxygen atoms in total. The molecule has 2 aromatic heterocycles. The van der Waals surface area contributed by atoms with Crippen molar-refractivity contribution in [2.75, 3.05) is 6.54 Å². The number of carbonyl (C=O) groups excluding carboxylic acids is 1. The molecule has 0 unspecified atom stereocenters. The Morgan fingerprint density at radius 1 is 1.29 bits per heavy atom. The molecule has 0 atom stereocenters. The number of hydrogen-bond donors (Lipinski definition) is 1. The molecule has 1 N–H and O–H groups in total. The lowest BCUT2D eigenvalue weighted by Gasteiger charge is -2.27. The molecule has 3 aromatic rings. The van der Waals surface area contributed by atoms with E-state index in [1.165, 1.54) is 0 Å². The van der Waals surface area contributed by atoms with E-state index < -0.39 is 0 Å². The fraction of sp³-hybridized carbons (Fsp3) is 0.350. The van der Waals surface area contributed by atoms with Crippen LogP contribution in [0.5, 0.6) is 0 Å². The lowest BCUT2D eigenvalue weighted by Crippen LogP contribution is -2.39. The summed E-state index contributed by atoms with van der Waals surface area (Å²) < 4.78 is 5.29. The molecule has 0 bridgehead atoms. The van der Waals surface area contributed by atoms with E-state index in [9.17, 15) is 9.59 Å². The maximum absolute atomic E-state index is 12.6. The van der Waals surface area contributed by atoms with Crippen LogP contribution in [-0.4, -0.2) is 37.5 Å². The molecule has 0 saturated heterocycles. The first-order chi connectivity index (χ1) is 13.5. The highest BCUT2D eigenvalue weighted by Gasteiger charge is 2.24. The number of fused-ring (bicyclic) bond motifs is 1. The largest absolute Gasteiger partial charge is 0.339 e. The van der Waals surface area contributed by atoms with Crippen LogP contribution in [0.3, 0.4) is 0 Å². The van der Waals surface area contributed by atoms with Gasteiger partial charge in [-0.1, -0.05) is 28.9 Å². The van der Waals surface area contributed by atoms with Gasteiger partial charge in [-0.25, -0.2) is 4.98 Å². The monoisotopic (exact) mass is 379 g/mol. The zero-order chi connectivity index (χ0) is 19.7. The highest BCUT2D eigenvalue weighted by atomic mass is 16.5. The van der Waals surface area contributed by atoms with Gasteiger partial charge in [-0.15, -0.1) is 0 Å². The second-order valence-electron chi connectivity index (χ2n) is 7.02. The van der Waals surface area contributed by atoms with Crippen LogP contribution in [-0.2, 0) is 24.2 Å².